The van der Waals surface area contributed by atoms with Crippen LogP contribution in [0.1, 0.15) is 88.7 Å². The van der Waals surface area contributed by atoms with Crippen molar-refractivity contribution in [1.29, 1.82) is 0 Å². The molecule has 0 bridgehead atoms. The third kappa shape index (κ3) is 18.2. The van der Waals surface area contributed by atoms with E-state index < -0.39 is 8.07 Å². The van der Waals surface area contributed by atoms with Crippen molar-refractivity contribution in [2.75, 3.05) is 0 Å². The van der Waals surface area contributed by atoms with E-state index in [9.17, 15) is 5.11 Å². The summed E-state index contributed by atoms with van der Waals surface area (Å²) < 4.78 is 24.5. The number of aryl methyl sites for hydroxylation is 2. The molecule has 2 aromatic carbocycles. The fourth-order valence-corrected chi connectivity index (χ4v) is 15.9. The van der Waals surface area contributed by atoms with Gasteiger partial charge in [0.05, 0.1) is 22.8 Å². The van der Waals surface area contributed by atoms with Gasteiger partial charge < -0.3 is 21.5 Å². The van der Waals surface area contributed by atoms with E-state index in [1.165, 1.54) is 66.2 Å². The topological polar surface area (TPSA) is 185 Å². The molecule has 9 aromatic heterocycles. The predicted molar refractivity (Wildman–Crippen MR) is 346 cm³/mol. The average molecular weight is 1770 g/mol. The molecule has 0 spiro atoms. The van der Waals surface area contributed by atoms with Crippen LogP contribution in [0.5, 0.6) is 11.5 Å². The number of para-hydroxylation sites is 2. The third-order valence-electron chi connectivity index (χ3n) is 13.4. The molecule has 1 aliphatic heterocycles. The van der Waals surface area contributed by atoms with E-state index in [4.69, 9.17) is 21.5 Å². The summed E-state index contributed by atoms with van der Waals surface area (Å²) in [7, 11) is 2.57. The number of benzene rings is 2. The van der Waals surface area contributed by atoms with E-state index in [-0.39, 0.29) is 65.4 Å². The Morgan fingerprint density at radius 2 is 1.05 bits per heavy atom. The molecule has 0 amide bonds. The van der Waals surface area contributed by atoms with Crippen molar-refractivity contribution in [3.8, 4) is 46.1 Å². The standard InChI is InChI=1S/2C15H16N4O.C11H15N2Si.C10H14N4S.C9H11N3S2.Al.Ga.2Ir.Rh.2H/c2*1-2-7-13-14(20)15(18-11-6-10-16-18)17-19(13)12-8-4-3-5-9-12;1-4-11-8-10(9-14(11,2)3)13-7-5-6-12-13;1-3-5-8-9(15)10(12-13(8)2)14-7-4-6-11-14;1-2-4-7-8(13)9(11-14-7)12-6-3-5-10-12;;;;;;;/h2*3-6,8-11,20H,2,7H2,1H3;5-7,9H,4H2,1-3H3;4,6-7,15H,3,5H2,1-2H3;3,5-6,13H,2,4H2,1H3;;;;;;;/q;;-1;;;2*+1;;;;;/p-3. The molecular weight excluding hydrogens is 1700 g/mol. The van der Waals surface area contributed by atoms with E-state index in [0.717, 1.165) is 114 Å². The Hall–Kier alpha value is -5.29. The number of rotatable bonds is 18. The molecule has 465 valence electrons. The summed E-state index contributed by atoms with van der Waals surface area (Å²) in [6.07, 6.45) is 30.7. The maximum Gasteiger partial charge on any atom is 0.147 e. The fraction of sp³-hybridized carbons (Fsp3) is 0.283. The van der Waals surface area contributed by atoms with Crippen molar-refractivity contribution in [3.63, 3.8) is 0 Å². The molecule has 0 saturated heterocycles. The van der Waals surface area contributed by atoms with E-state index >= 15 is 0 Å². The van der Waals surface area contributed by atoms with Gasteiger partial charge in [0.15, 0.2) is 5.75 Å². The molecule has 0 atom stereocenters. The summed E-state index contributed by atoms with van der Waals surface area (Å²) in [5.41, 5.74) is 8.66. The maximum atomic E-state index is 10.4. The zero-order valence-electron chi connectivity index (χ0n) is 50.5. The van der Waals surface area contributed by atoms with Crippen molar-refractivity contribution >= 4 is 81.6 Å². The molecule has 1 aliphatic rings. The van der Waals surface area contributed by atoms with Crippen LogP contribution in [0.4, 0.5) is 0 Å². The van der Waals surface area contributed by atoms with Gasteiger partial charge in [-0.15, -0.1) is 20.8 Å². The van der Waals surface area contributed by atoms with Crippen LogP contribution in [0.25, 0.3) is 40.3 Å². The summed E-state index contributed by atoms with van der Waals surface area (Å²) in [6.45, 7) is 15.5. The molecule has 88 heavy (non-hydrogen) atoms. The monoisotopic (exact) mass is 1770 g/mol. The predicted octanol–water partition coefficient (Wildman–Crippen LogP) is 11.2. The summed E-state index contributed by atoms with van der Waals surface area (Å²) >= 11 is 9.45. The van der Waals surface area contributed by atoms with Crippen LogP contribution in [-0.2, 0) is 105 Å². The Labute approximate surface area is 587 Å². The fourth-order valence-electron chi connectivity index (χ4n) is 9.40. The van der Waals surface area contributed by atoms with Crippen molar-refractivity contribution in [2.45, 2.75) is 115 Å². The zero-order chi connectivity index (χ0) is 60.3. The van der Waals surface area contributed by atoms with Gasteiger partial charge in [0.1, 0.15) is 11.6 Å². The normalized spacial score (nSPS) is 11.8. The second kappa shape index (κ2) is 36.5. The van der Waals surface area contributed by atoms with Crippen molar-refractivity contribution in [1.82, 2.24) is 82.6 Å². The molecule has 5 radical (unpaired) electrons. The van der Waals surface area contributed by atoms with Crippen LogP contribution in [0.3, 0.4) is 0 Å². The summed E-state index contributed by atoms with van der Waals surface area (Å²) in [5.74, 6) is 3.93. The molecule has 1 N–H and O–H groups in total. The van der Waals surface area contributed by atoms with Crippen molar-refractivity contribution in [3.05, 3.63) is 192 Å². The number of hydrogen-bond donors (Lipinski definition) is 1. The first kappa shape index (κ1) is 73.4. The molecule has 12 rings (SSSR count). The van der Waals surface area contributed by atoms with Crippen LogP contribution in [-0.4, -0.2) is 130 Å². The largest absolute Gasteiger partial charge is 0.775 e. The van der Waals surface area contributed by atoms with Crippen LogP contribution >= 0.6 is 21.2 Å². The van der Waals surface area contributed by atoms with Crippen molar-refractivity contribution < 1.29 is 68.6 Å². The molecule has 11 aromatic rings. The van der Waals surface area contributed by atoms with Crippen molar-refractivity contribution in [2.24, 2.45) is 7.05 Å². The molecule has 0 unspecified atom stereocenters. The minimum Gasteiger partial charge on any atom is -0.775 e. The Balaban J connectivity index is 0.000000201. The Bertz CT molecular complexity index is 3820. The quantitative estimate of drug-likeness (QED) is 0.0487. The molecule has 28 heteroatoms. The molecular formula is C60H71AlGaIr2N17O2RhS3Si-2. The van der Waals surface area contributed by atoms with Crippen LogP contribution < -0.4 is 3.79 Å². The summed E-state index contributed by atoms with van der Waals surface area (Å²) in [6, 6.07) is 29.3. The van der Waals surface area contributed by atoms with Gasteiger partial charge in [-0.05, 0) is 87.4 Å². The smallest absolute Gasteiger partial charge is 0.147 e. The number of hydrogen-bond acceptors (Lipinski definition) is 14. The van der Waals surface area contributed by atoms with E-state index in [0.29, 0.717) is 5.82 Å². The van der Waals surface area contributed by atoms with E-state index in [1.807, 2.05) is 145 Å². The number of aromatic nitrogens is 17. The molecule has 10 heterocycles. The minimum absolute atomic E-state index is 0. The first-order valence-electron chi connectivity index (χ1n) is 28.3. The van der Waals surface area contributed by atoms with Gasteiger partial charge in [0.25, 0.3) is 0 Å². The Morgan fingerprint density at radius 1 is 0.602 bits per heavy atom. The Kier molecular flexibility index (Phi) is 30.5. The second-order valence-corrected chi connectivity index (χ2v) is 28.3. The van der Waals surface area contributed by atoms with Gasteiger partial charge in [0, 0.05) is 114 Å². The van der Waals surface area contributed by atoms with Crippen LogP contribution in [0.15, 0.2) is 174 Å². The van der Waals surface area contributed by atoms with E-state index in [1.54, 1.807) is 62.0 Å². The van der Waals surface area contributed by atoms with Gasteiger partial charge in [0.2, 0.25) is 11.6 Å². The molecule has 0 saturated carbocycles. The van der Waals surface area contributed by atoms with Gasteiger partial charge >= 0.3 is 125 Å². The van der Waals surface area contributed by atoms with Crippen LogP contribution in [0, 0.1) is 6.08 Å². The van der Waals surface area contributed by atoms with Gasteiger partial charge in [-0.3, -0.25) is 4.68 Å². The molecule has 0 fully saturated rings. The summed E-state index contributed by atoms with van der Waals surface area (Å²) in [4.78, 5) is 3.32. The average Bonchev–Trinajstić information content (AvgIpc) is 1.91. The maximum absolute atomic E-state index is 10.4. The first-order chi connectivity index (χ1) is 41.4. The van der Waals surface area contributed by atoms with E-state index in [2.05, 4.69) is 99.6 Å². The first-order valence-corrected chi connectivity index (χ1v) is 37.8. The summed E-state index contributed by atoms with van der Waals surface area (Å²) in [5, 5.41) is 46.7. The Morgan fingerprint density at radius 3 is 1.50 bits per heavy atom. The molecule has 0 aliphatic carbocycles. The number of aromatic hydroxyl groups is 1. The minimum atomic E-state index is -1.31. The second-order valence-electron chi connectivity index (χ2n) is 19.9. The zero-order valence-corrected chi connectivity index (χ0v) is 64.7. The number of nitrogens with zero attached hydrogens (tertiary/aromatic N) is 17. The van der Waals surface area contributed by atoms with Crippen LogP contribution in [0.2, 0.25) is 13.1 Å². The van der Waals surface area contributed by atoms with Gasteiger partial charge in [-0.25, -0.2) is 35.2 Å². The third-order valence-corrected chi connectivity index (χ3v) is 20.7. The molecule has 19 nitrogen and oxygen atoms in total. The van der Waals surface area contributed by atoms with Gasteiger partial charge in [-0.1, -0.05) is 103 Å². The van der Waals surface area contributed by atoms with Gasteiger partial charge in [-0.2, -0.15) is 30.0 Å². The SMILES string of the molecule is CCC1=[C-]C(n2cccn2)=C[Si]1(C)C.CCCc1c(O)c(-n2cccn2)nn1-c1ccccc1.CCCc1c([O][AlH])c(-n2cccn2)nn1-c1ccccc1.CCCc1c([S][GaH])c(-n2cccn2)nn1C.CCCc1snc(-n2cccn2)c1[S-].[Ir].[Ir].[Rh]. The number of allylic oxidation sites excluding steroid dienone is 3.